The second-order valence-corrected chi connectivity index (χ2v) is 9.01. The molecule has 3 amide bonds. The summed E-state index contributed by atoms with van der Waals surface area (Å²) in [6.07, 6.45) is 0. The smallest absolute Gasteiger partial charge is 0.324 e. The van der Waals surface area contributed by atoms with Crippen molar-refractivity contribution in [3.63, 3.8) is 0 Å². The molecule has 0 unspecified atom stereocenters. The quantitative estimate of drug-likeness (QED) is 0.689. The van der Waals surface area contributed by atoms with Crippen molar-refractivity contribution in [3.05, 3.63) is 34.3 Å². The van der Waals surface area contributed by atoms with Gasteiger partial charge in [0.05, 0.1) is 5.75 Å². The zero-order chi connectivity index (χ0) is 18.1. The number of nitrogens with one attached hydrogen (secondary N) is 2. The van der Waals surface area contributed by atoms with E-state index in [9.17, 15) is 18.0 Å². The highest BCUT2D eigenvalue weighted by atomic mass is 79.9. The number of carbonyl (C=O) groups is 2. The molecule has 2 N–H and O–H groups in total. The van der Waals surface area contributed by atoms with E-state index in [-0.39, 0.29) is 12.3 Å². The Bertz CT molecular complexity index is 764. The SMILES string of the molecule is C[C@H](NS(=O)(=O)CCN1C(=O)NC(C)(C)C1=O)c1cccc(Br)c1. The summed E-state index contributed by atoms with van der Waals surface area (Å²) in [5.41, 5.74) is -0.193. The minimum Gasteiger partial charge on any atom is -0.324 e. The highest BCUT2D eigenvalue weighted by Crippen LogP contribution is 2.19. The fourth-order valence-electron chi connectivity index (χ4n) is 2.40. The van der Waals surface area contributed by atoms with Crippen molar-refractivity contribution in [2.24, 2.45) is 0 Å². The van der Waals surface area contributed by atoms with Gasteiger partial charge in [-0.25, -0.2) is 17.9 Å². The molecule has 0 bridgehead atoms. The number of amides is 3. The number of urea groups is 1. The van der Waals surface area contributed by atoms with Gasteiger partial charge in [-0.05, 0) is 38.5 Å². The van der Waals surface area contributed by atoms with Crippen molar-refractivity contribution < 1.29 is 18.0 Å². The van der Waals surface area contributed by atoms with Crippen LogP contribution in [0.25, 0.3) is 0 Å². The summed E-state index contributed by atoms with van der Waals surface area (Å²) in [5, 5.41) is 2.52. The molecule has 24 heavy (non-hydrogen) atoms. The minimum atomic E-state index is -3.65. The molecule has 0 saturated carbocycles. The van der Waals surface area contributed by atoms with Crippen LogP contribution in [0.15, 0.2) is 28.7 Å². The van der Waals surface area contributed by atoms with Gasteiger partial charge in [0.2, 0.25) is 10.0 Å². The topological polar surface area (TPSA) is 95.6 Å². The number of sulfonamides is 1. The summed E-state index contributed by atoms with van der Waals surface area (Å²) >= 11 is 3.34. The van der Waals surface area contributed by atoms with Gasteiger partial charge in [-0.15, -0.1) is 0 Å². The molecular formula is C15H20BrN3O4S. The van der Waals surface area contributed by atoms with Gasteiger partial charge in [0.1, 0.15) is 5.54 Å². The second-order valence-electron chi connectivity index (χ2n) is 6.23. The molecule has 1 aliphatic heterocycles. The van der Waals surface area contributed by atoms with Crippen LogP contribution in [0.2, 0.25) is 0 Å². The average Bonchev–Trinajstić information content (AvgIpc) is 2.65. The number of hydrogen-bond donors (Lipinski definition) is 2. The molecule has 1 fully saturated rings. The largest absolute Gasteiger partial charge is 0.325 e. The van der Waals surface area contributed by atoms with Crippen LogP contribution in [0.1, 0.15) is 32.4 Å². The van der Waals surface area contributed by atoms with Gasteiger partial charge in [0, 0.05) is 17.1 Å². The van der Waals surface area contributed by atoms with Crippen molar-refractivity contribution >= 4 is 37.9 Å². The third-order valence-electron chi connectivity index (χ3n) is 3.73. The molecule has 1 aliphatic rings. The maximum atomic E-state index is 12.2. The number of hydrogen-bond acceptors (Lipinski definition) is 4. The third kappa shape index (κ3) is 4.34. The number of imide groups is 1. The maximum Gasteiger partial charge on any atom is 0.325 e. The summed E-state index contributed by atoms with van der Waals surface area (Å²) in [6, 6.07) is 6.32. The first-order valence-corrected chi connectivity index (χ1v) is 9.86. The summed E-state index contributed by atoms with van der Waals surface area (Å²) in [6.45, 7) is 4.70. The van der Waals surface area contributed by atoms with Crippen LogP contribution in [-0.2, 0) is 14.8 Å². The molecule has 1 saturated heterocycles. The van der Waals surface area contributed by atoms with Crippen molar-refractivity contribution in [1.29, 1.82) is 0 Å². The van der Waals surface area contributed by atoms with E-state index in [1.807, 2.05) is 24.3 Å². The molecule has 1 aromatic rings. The predicted molar refractivity (Wildman–Crippen MR) is 93.8 cm³/mol. The Balaban J connectivity index is 1.99. The molecule has 0 spiro atoms. The van der Waals surface area contributed by atoms with Gasteiger partial charge in [-0.3, -0.25) is 9.69 Å². The second kappa shape index (κ2) is 6.81. The molecular weight excluding hydrogens is 398 g/mol. The van der Waals surface area contributed by atoms with E-state index in [0.717, 1.165) is 14.9 Å². The summed E-state index contributed by atoms with van der Waals surface area (Å²) in [5.74, 6) is -0.775. The van der Waals surface area contributed by atoms with Gasteiger partial charge < -0.3 is 5.32 Å². The highest BCUT2D eigenvalue weighted by molar-refractivity contribution is 9.10. The normalized spacial score (nSPS) is 18.6. The Kier molecular flexibility index (Phi) is 5.36. The predicted octanol–water partition coefficient (Wildman–Crippen LogP) is 1.76. The van der Waals surface area contributed by atoms with E-state index in [4.69, 9.17) is 0 Å². The summed E-state index contributed by atoms with van der Waals surface area (Å²) < 4.78 is 27.9. The van der Waals surface area contributed by atoms with E-state index in [1.165, 1.54) is 0 Å². The highest BCUT2D eigenvalue weighted by Gasteiger charge is 2.44. The first-order valence-electron chi connectivity index (χ1n) is 7.41. The van der Waals surface area contributed by atoms with Gasteiger partial charge >= 0.3 is 6.03 Å². The van der Waals surface area contributed by atoms with Gasteiger partial charge in [0.25, 0.3) is 5.91 Å². The number of benzene rings is 1. The summed E-state index contributed by atoms with van der Waals surface area (Å²) in [4.78, 5) is 24.8. The molecule has 9 heteroatoms. The zero-order valence-corrected chi connectivity index (χ0v) is 16.1. The Morgan fingerprint density at radius 1 is 1.33 bits per heavy atom. The maximum absolute atomic E-state index is 12.2. The first kappa shape index (κ1) is 18.9. The molecule has 132 valence electrons. The van der Waals surface area contributed by atoms with Crippen LogP contribution >= 0.6 is 15.9 Å². The Morgan fingerprint density at radius 2 is 2.00 bits per heavy atom. The molecule has 7 nitrogen and oxygen atoms in total. The third-order valence-corrected chi connectivity index (χ3v) is 5.66. The summed E-state index contributed by atoms with van der Waals surface area (Å²) in [7, 11) is -3.65. The molecule has 0 aliphatic carbocycles. The van der Waals surface area contributed by atoms with E-state index in [0.29, 0.717) is 0 Å². The van der Waals surface area contributed by atoms with Gasteiger partial charge in [0.15, 0.2) is 0 Å². The van der Waals surface area contributed by atoms with Crippen LogP contribution in [0, 0.1) is 0 Å². The molecule has 0 aromatic heterocycles. The van der Waals surface area contributed by atoms with Crippen LogP contribution < -0.4 is 10.0 Å². The lowest BCUT2D eigenvalue weighted by atomic mass is 10.1. The standard InChI is InChI=1S/C15H20BrN3O4S/c1-10(11-5-4-6-12(16)9-11)18-24(22,23)8-7-19-13(20)15(2,3)17-14(19)21/h4-6,9-10,18H,7-8H2,1-3H3,(H,17,21)/t10-/m0/s1. The van der Waals surface area contributed by atoms with Crippen molar-refractivity contribution in [2.45, 2.75) is 32.4 Å². The van der Waals surface area contributed by atoms with Crippen LogP contribution in [0.5, 0.6) is 0 Å². The Hall–Kier alpha value is -1.45. The lowest BCUT2D eigenvalue weighted by Gasteiger charge is -2.18. The fraction of sp³-hybridized carbons (Fsp3) is 0.467. The Labute approximate surface area is 150 Å². The van der Waals surface area contributed by atoms with E-state index in [1.54, 1.807) is 20.8 Å². The van der Waals surface area contributed by atoms with E-state index in [2.05, 4.69) is 26.0 Å². The lowest BCUT2D eigenvalue weighted by Crippen LogP contribution is -2.41. The average molecular weight is 418 g/mol. The molecule has 1 atom stereocenters. The number of carbonyl (C=O) groups excluding carboxylic acids is 2. The molecule has 0 radical (unpaired) electrons. The lowest BCUT2D eigenvalue weighted by molar-refractivity contribution is -0.130. The monoisotopic (exact) mass is 417 g/mol. The van der Waals surface area contributed by atoms with Gasteiger partial charge in [-0.1, -0.05) is 28.1 Å². The van der Waals surface area contributed by atoms with Crippen LogP contribution in [0.4, 0.5) is 4.79 Å². The van der Waals surface area contributed by atoms with Crippen molar-refractivity contribution in [1.82, 2.24) is 14.9 Å². The van der Waals surface area contributed by atoms with Crippen molar-refractivity contribution in [3.8, 4) is 0 Å². The molecule has 2 rings (SSSR count). The fourth-order valence-corrected chi connectivity index (χ4v) is 4.04. The Morgan fingerprint density at radius 3 is 2.54 bits per heavy atom. The van der Waals surface area contributed by atoms with Crippen molar-refractivity contribution in [2.75, 3.05) is 12.3 Å². The zero-order valence-electron chi connectivity index (χ0n) is 13.7. The minimum absolute atomic E-state index is 0.186. The first-order chi connectivity index (χ1) is 11.0. The van der Waals surface area contributed by atoms with Crippen LogP contribution in [-0.4, -0.2) is 43.1 Å². The van der Waals surface area contributed by atoms with E-state index >= 15 is 0 Å². The van der Waals surface area contributed by atoms with Gasteiger partial charge in [-0.2, -0.15) is 0 Å². The number of halogens is 1. The number of rotatable bonds is 6. The number of nitrogens with zero attached hydrogens (tertiary/aromatic N) is 1. The molecule has 1 heterocycles. The van der Waals surface area contributed by atoms with E-state index < -0.39 is 33.5 Å². The molecule has 1 aromatic carbocycles. The van der Waals surface area contributed by atoms with Crippen LogP contribution in [0.3, 0.4) is 0 Å².